The minimum atomic E-state index is -5.77. The van der Waals surface area contributed by atoms with Gasteiger partial charge >= 0.3 is 0 Å². The Labute approximate surface area is 132 Å². The summed E-state index contributed by atoms with van der Waals surface area (Å²) >= 11 is 0. The van der Waals surface area contributed by atoms with E-state index in [0.717, 1.165) is 0 Å². The summed E-state index contributed by atoms with van der Waals surface area (Å²) in [4.78, 5) is 33.9. The highest BCUT2D eigenvalue weighted by molar-refractivity contribution is 7.66. The van der Waals surface area contributed by atoms with E-state index in [-0.39, 0.29) is 6.10 Å². The molecule has 14 heteroatoms. The molecule has 0 amide bonds. The van der Waals surface area contributed by atoms with Gasteiger partial charge in [-0.1, -0.05) is 18.1 Å². The van der Waals surface area contributed by atoms with Crippen LogP contribution in [0.15, 0.2) is 12.2 Å². The van der Waals surface area contributed by atoms with Crippen LogP contribution in [0.5, 0.6) is 0 Å². The molecule has 0 aromatic carbocycles. The average molecular weight is 388 g/mol. The zero-order chi connectivity index (χ0) is 17.7. The first-order valence-electron chi connectivity index (χ1n) is 5.97. The molecule has 1 heterocycles. The van der Waals surface area contributed by atoms with Crippen molar-refractivity contribution in [1.29, 1.82) is 0 Å². The fourth-order valence-electron chi connectivity index (χ4n) is 1.37. The lowest BCUT2D eigenvalue weighted by Gasteiger charge is -2.34. The molecule has 23 heavy (non-hydrogen) atoms. The molecule has 0 bridgehead atoms. The molecule has 1 aliphatic heterocycles. The van der Waals surface area contributed by atoms with E-state index in [1.807, 2.05) is 5.92 Å². The lowest BCUT2D eigenvalue weighted by molar-refractivity contribution is -0.246. The summed E-state index contributed by atoms with van der Waals surface area (Å²) in [6, 6.07) is 0. The molecule has 11 nitrogen and oxygen atoms in total. The molecule has 132 valence electrons. The Balaban J connectivity index is 2.55. The smallest absolute Gasteiger partial charge is 0.280 e. The van der Waals surface area contributed by atoms with Crippen molar-refractivity contribution in [2.75, 3.05) is 13.2 Å². The molecule has 0 aromatic heterocycles. The Morgan fingerprint density at radius 2 is 1.87 bits per heavy atom. The summed E-state index contributed by atoms with van der Waals surface area (Å²) < 4.78 is 50.6. The zero-order valence-electron chi connectivity index (χ0n) is 11.7. The van der Waals surface area contributed by atoms with Crippen molar-refractivity contribution in [1.82, 2.24) is 5.09 Å². The van der Waals surface area contributed by atoms with Gasteiger partial charge in [0, 0.05) is 0 Å². The number of ether oxygens (including phenoxy) is 1. The fraction of sp³-hybridized carbons (Fsp3) is 0.556. The van der Waals surface area contributed by atoms with Crippen molar-refractivity contribution < 1.29 is 46.3 Å². The Morgan fingerprint density at radius 3 is 2.39 bits per heavy atom. The Hall–Kier alpha value is -0.330. The molecule has 0 saturated carbocycles. The van der Waals surface area contributed by atoms with Gasteiger partial charge in [-0.05, 0) is 6.92 Å². The predicted molar refractivity (Wildman–Crippen MR) is 71.3 cm³/mol. The van der Waals surface area contributed by atoms with Gasteiger partial charge in [0.15, 0.2) is 0 Å². The second kappa shape index (κ2) is 8.17. The molecule has 0 aromatic rings. The molecule has 3 unspecified atom stereocenters. The van der Waals surface area contributed by atoms with Gasteiger partial charge in [0.2, 0.25) is 7.75 Å². The van der Waals surface area contributed by atoms with Crippen LogP contribution in [-0.4, -0.2) is 25.4 Å². The third-order valence-electron chi connectivity index (χ3n) is 2.17. The molecule has 1 rings (SSSR count). The van der Waals surface area contributed by atoms with Crippen LogP contribution in [0.25, 0.3) is 0 Å². The first kappa shape index (κ1) is 20.7. The van der Waals surface area contributed by atoms with Crippen LogP contribution in [0.1, 0.15) is 6.92 Å². The number of hydrogen-bond acceptors (Lipinski definition) is 10. The lowest BCUT2D eigenvalue weighted by Crippen LogP contribution is -2.24. The van der Waals surface area contributed by atoms with Crippen LogP contribution in [0.2, 0.25) is 0 Å². The normalized spacial score (nSPS) is 28.5. The minimum Gasteiger partial charge on any atom is -0.766 e. The molecular formula is C9H13NO10P3-3. The first-order chi connectivity index (χ1) is 10.4. The molecule has 1 N–H and O–H groups in total. The lowest BCUT2D eigenvalue weighted by atomic mass is 10.3. The maximum absolute atomic E-state index is 11.4. The molecule has 0 spiro atoms. The second-order valence-corrected chi connectivity index (χ2v) is 8.82. The SMILES string of the molecule is C#CCNP(=O)([O-])OP(=O)([O-])OP(=O)([O-])OC[C@@H]1C=C[C@H](C)O1. The first-order valence-corrected chi connectivity index (χ1v) is 10.4. The van der Waals surface area contributed by atoms with Crippen LogP contribution >= 0.6 is 23.4 Å². The van der Waals surface area contributed by atoms with Gasteiger partial charge in [0.1, 0.15) is 6.10 Å². The maximum Gasteiger partial charge on any atom is 0.280 e. The van der Waals surface area contributed by atoms with Gasteiger partial charge in [-0.3, -0.25) is 18.0 Å². The molecule has 0 radical (unpaired) electrons. The van der Waals surface area contributed by atoms with Gasteiger partial charge in [-0.25, -0.2) is 9.40 Å². The Morgan fingerprint density at radius 1 is 1.22 bits per heavy atom. The summed E-state index contributed by atoms with van der Waals surface area (Å²) in [6.07, 6.45) is 6.95. The summed E-state index contributed by atoms with van der Waals surface area (Å²) in [6.45, 7) is 0.584. The van der Waals surface area contributed by atoms with Crippen molar-refractivity contribution in [2.45, 2.75) is 19.1 Å². The molecule has 0 fully saturated rings. The highest BCUT2D eigenvalue weighted by atomic mass is 31.3. The third kappa shape index (κ3) is 8.36. The van der Waals surface area contributed by atoms with Gasteiger partial charge in [-0.15, -0.1) is 6.42 Å². The monoisotopic (exact) mass is 388 g/mol. The molecule has 0 saturated heterocycles. The van der Waals surface area contributed by atoms with Gasteiger partial charge < -0.3 is 23.9 Å². The summed E-state index contributed by atoms with van der Waals surface area (Å²) in [5, 5.41) is 1.56. The topological polar surface area (TPSA) is 169 Å². The van der Waals surface area contributed by atoms with Crippen LogP contribution in [-0.2, 0) is 31.6 Å². The van der Waals surface area contributed by atoms with E-state index < -0.39 is 42.6 Å². The maximum atomic E-state index is 11.4. The van der Waals surface area contributed by atoms with E-state index in [0.29, 0.717) is 0 Å². The van der Waals surface area contributed by atoms with Gasteiger partial charge in [0.05, 0.1) is 19.3 Å². The van der Waals surface area contributed by atoms with Crippen LogP contribution in [0.4, 0.5) is 0 Å². The Kier molecular flexibility index (Phi) is 7.36. The zero-order valence-corrected chi connectivity index (χ0v) is 14.4. The average Bonchev–Trinajstić information content (AvgIpc) is 2.77. The standard InChI is InChI=1S/C9H16NO10P3/c1-3-6-10-21(11,12)19-23(15,16)20-22(13,14)17-7-9-5-4-8(2)18-9/h1,4-5,8-9H,6-7H2,2H3,(H,13,14)(H,15,16)(H2,10,11,12)/p-3/t8-,9-/m0/s1. The fourth-order valence-corrected chi connectivity index (χ4v) is 4.82. The van der Waals surface area contributed by atoms with Crippen molar-refractivity contribution in [2.24, 2.45) is 0 Å². The predicted octanol–water partition coefficient (Wildman–Crippen LogP) is -0.992. The van der Waals surface area contributed by atoms with Crippen molar-refractivity contribution in [3.63, 3.8) is 0 Å². The number of nitrogens with one attached hydrogen (secondary N) is 1. The number of hydrogen-bond donors (Lipinski definition) is 1. The summed E-state index contributed by atoms with van der Waals surface area (Å²) in [5.74, 6) is 1.86. The van der Waals surface area contributed by atoms with Crippen molar-refractivity contribution >= 4 is 23.4 Å². The molecular weight excluding hydrogens is 375 g/mol. The van der Waals surface area contributed by atoms with Crippen molar-refractivity contribution in [3.05, 3.63) is 12.2 Å². The number of rotatable bonds is 9. The van der Waals surface area contributed by atoms with Crippen LogP contribution in [0, 0.1) is 12.3 Å². The Bertz CT molecular complexity index is 628. The van der Waals surface area contributed by atoms with E-state index >= 15 is 0 Å². The quantitative estimate of drug-likeness (QED) is 0.292. The van der Waals surface area contributed by atoms with Crippen LogP contribution < -0.4 is 19.8 Å². The van der Waals surface area contributed by atoms with Gasteiger partial charge in [0.25, 0.3) is 15.6 Å². The highest BCUT2D eigenvalue weighted by Crippen LogP contribution is 2.61. The third-order valence-corrected chi connectivity index (χ3v) is 6.44. The van der Waals surface area contributed by atoms with Gasteiger partial charge in [-0.2, -0.15) is 0 Å². The van der Waals surface area contributed by atoms with E-state index in [9.17, 15) is 28.4 Å². The van der Waals surface area contributed by atoms with E-state index in [4.69, 9.17) is 11.2 Å². The highest BCUT2D eigenvalue weighted by Gasteiger charge is 2.26. The number of phosphoric ester groups is 1. The summed E-state index contributed by atoms with van der Waals surface area (Å²) in [5.41, 5.74) is 0. The van der Waals surface area contributed by atoms with E-state index in [1.54, 1.807) is 18.1 Å². The number of phosphoric acid groups is 2. The minimum absolute atomic E-state index is 0.252. The molecule has 0 aliphatic carbocycles. The van der Waals surface area contributed by atoms with E-state index in [1.165, 1.54) is 6.08 Å². The summed E-state index contributed by atoms with van der Waals surface area (Å²) in [7, 11) is -16.3. The molecule has 1 aliphatic rings. The molecule has 5 atom stereocenters. The second-order valence-electron chi connectivity index (χ2n) is 4.15. The number of terminal acetylenes is 1. The largest absolute Gasteiger partial charge is 0.766 e. The van der Waals surface area contributed by atoms with E-state index in [2.05, 4.69) is 13.1 Å². The van der Waals surface area contributed by atoms with Crippen molar-refractivity contribution in [3.8, 4) is 12.3 Å². The van der Waals surface area contributed by atoms with Crippen LogP contribution in [0.3, 0.4) is 0 Å².